The Bertz CT molecular complexity index is 614. The molecule has 1 N–H and O–H groups in total. The fourth-order valence-corrected chi connectivity index (χ4v) is 2.59. The highest BCUT2D eigenvalue weighted by Crippen LogP contribution is 2.25. The van der Waals surface area contributed by atoms with Crippen molar-refractivity contribution in [3.05, 3.63) is 35.6 Å². The number of furan rings is 1. The molecule has 0 bridgehead atoms. The molecule has 1 aromatic carbocycles. The number of rotatable bonds is 6. The third-order valence-electron chi connectivity index (χ3n) is 3.93. The molecule has 0 fully saturated rings. The lowest BCUT2D eigenvalue weighted by molar-refractivity contribution is -0.132. The fraction of sp³-hybridized carbons (Fsp3) is 0.471. The van der Waals surface area contributed by atoms with Gasteiger partial charge in [-0.2, -0.15) is 0 Å². The van der Waals surface area contributed by atoms with Gasteiger partial charge in [0.25, 0.3) is 0 Å². The van der Waals surface area contributed by atoms with Gasteiger partial charge in [-0.1, -0.05) is 18.2 Å². The molecule has 0 spiro atoms. The Morgan fingerprint density at radius 3 is 2.62 bits per heavy atom. The molecule has 0 aliphatic carbocycles. The molecular formula is C17H24N2O2. The van der Waals surface area contributed by atoms with Crippen LogP contribution in [0.4, 0.5) is 0 Å². The summed E-state index contributed by atoms with van der Waals surface area (Å²) in [7, 11) is 0. The molecule has 0 saturated heterocycles. The van der Waals surface area contributed by atoms with E-state index in [1.807, 2.05) is 50.8 Å². The summed E-state index contributed by atoms with van der Waals surface area (Å²) in [6, 6.07) is 7.80. The Balaban J connectivity index is 2.08. The molecule has 4 heteroatoms. The van der Waals surface area contributed by atoms with Crippen LogP contribution in [0.3, 0.4) is 0 Å². The summed E-state index contributed by atoms with van der Waals surface area (Å²) in [4.78, 5) is 14.1. The van der Waals surface area contributed by atoms with Gasteiger partial charge >= 0.3 is 0 Å². The van der Waals surface area contributed by atoms with Crippen LogP contribution in [-0.4, -0.2) is 29.9 Å². The third-order valence-corrected chi connectivity index (χ3v) is 3.93. The van der Waals surface area contributed by atoms with Gasteiger partial charge in [-0.05, 0) is 33.8 Å². The minimum Gasteiger partial charge on any atom is -0.461 e. The van der Waals surface area contributed by atoms with Gasteiger partial charge in [0.15, 0.2) is 0 Å². The summed E-state index contributed by atoms with van der Waals surface area (Å²) in [6.07, 6.45) is 0. The van der Waals surface area contributed by atoms with E-state index in [0.717, 1.165) is 35.4 Å². The number of para-hydroxylation sites is 1. The maximum absolute atomic E-state index is 12.3. The first-order valence-corrected chi connectivity index (χ1v) is 7.57. The lowest BCUT2D eigenvalue weighted by Gasteiger charge is -2.23. The zero-order valence-corrected chi connectivity index (χ0v) is 13.3. The van der Waals surface area contributed by atoms with Crippen molar-refractivity contribution in [3.8, 4) is 0 Å². The van der Waals surface area contributed by atoms with Crippen molar-refractivity contribution in [2.75, 3.05) is 13.1 Å². The van der Waals surface area contributed by atoms with Crippen molar-refractivity contribution in [2.24, 2.45) is 0 Å². The van der Waals surface area contributed by atoms with E-state index in [-0.39, 0.29) is 11.9 Å². The van der Waals surface area contributed by atoms with Crippen molar-refractivity contribution < 1.29 is 9.21 Å². The lowest BCUT2D eigenvalue weighted by Crippen LogP contribution is -2.44. The molecule has 2 rings (SSSR count). The van der Waals surface area contributed by atoms with Gasteiger partial charge in [-0.3, -0.25) is 4.79 Å². The van der Waals surface area contributed by atoms with E-state index in [1.165, 1.54) is 0 Å². The number of hydrogen-bond donors (Lipinski definition) is 1. The second-order valence-electron chi connectivity index (χ2n) is 5.25. The van der Waals surface area contributed by atoms with Crippen LogP contribution in [-0.2, 0) is 11.3 Å². The van der Waals surface area contributed by atoms with E-state index in [4.69, 9.17) is 4.42 Å². The van der Waals surface area contributed by atoms with Gasteiger partial charge in [0.2, 0.25) is 5.91 Å². The largest absolute Gasteiger partial charge is 0.461 e. The maximum atomic E-state index is 12.3. The van der Waals surface area contributed by atoms with Crippen LogP contribution in [0.1, 0.15) is 32.1 Å². The Labute approximate surface area is 126 Å². The number of aryl methyl sites for hydroxylation is 1. The molecule has 1 aromatic heterocycles. The quantitative estimate of drug-likeness (QED) is 0.888. The van der Waals surface area contributed by atoms with Crippen molar-refractivity contribution in [1.29, 1.82) is 0 Å². The van der Waals surface area contributed by atoms with E-state index in [9.17, 15) is 4.79 Å². The van der Waals surface area contributed by atoms with Crippen molar-refractivity contribution in [1.82, 2.24) is 10.2 Å². The predicted molar refractivity (Wildman–Crippen MR) is 85.2 cm³/mol. The van der Waals surface area contributed by atoms with Crippen LogP contribution in [0.25, 0.3) is 11.0 Å². The average molecular weight is 288 g/mol. The van der Waals surface area contributed by atoms with Gasteiger partial charge in [-0.15, -0.1) is 0 Å². The summed E-state index contributed by atoms with van der Waals surface area (Å²) < 4.78 is 5.75. The molecule has 2 aromatic rings. The molecule has 0 aliphatic heterocycles. The molecule has 1 heterocycles. The molecule has 21 heavy (non-hydrogen) atoms. The maximum Gasteiger partial charge on any atom is 0.239 e. The Morgan fingerprint density at radius 1 is 1.29 bits per heavy atom. The highest BCUT2D eigenvalue weighted by atomic mass is 16.3. The average Bonchev–Trinajstić information content (AvgIpc) is 2.81. The number of carbonyl (C=O) groups is 1. The Hall–Kier alpha value is -1.81. The van der Waals surface area contributed by atoms with Crippen LogP contribution >= 0.6 is 0 Å². The van der Waals surface area contributed by atoms with Crippen LogP contribution in [0.15, 0.2) is 28.7 Å². The minimum absolute atomic E-state index is 0.144. The number of benzene rings is 1. The number of nitrogens with one attached hydrogen (secondary N) is 1. The predicted octanol–water partition coefficient (Wildman–Crippen LogP) is 3.09. The molecule has 1 amide bonds. The van der Waals surface area contributed by atoms with E-state index in [2.05, 4.69) is 11.4 Å². The van der Waals surface area contributed by atoms with Crippen molar-refractivity contribution >= 4 is 16.9 Å². The third kappa shape index (κ3) is 3.27. The molecule has 0 radical (unpaired) electrons. The topological polar surface area (TPSA) is 45.5 Å². The summed E-state index contributed by atoms with van der Waals surface area (Å²) in [6.45, 7) is 10.0. The van der Waals surface area contributed by atoms with Gasteiger partial charge < -0.3 is 14.6 Å². The number of fused-ring (bicyclic) bond motifs is 1. The minimum atomic E-state index is -0.196. The second kappa shape index (κ2) is 6.76. The number of hydrogen-bond acceptors (Lipinski definition) is 3. The monoisotopic (exact) mass is 288 g/mol. The van der Waals surface area contributed by atoms with Crippen LogP contribution in [0.5, 0.6) is 0 Å². The van der Waals surface area contributed by atoms with Gasteiger partial charge in [-0.25, -0.2) is 0 Å². The Morgan fingerprint density at radius 2 is 1.95 bits per heavy atom. The second-order valence-corrected chi connectivity index (χ2v) is 5.25. The standard InChI is InChI=1S/C17H24N2O2/c1-5-19(6-2)17(20)12(3)18-11-15-13(4)21-16-10-8-7-9-14(15)16/h7-10,12,18H,5-6,11H2,1-4H3. The van der Waals surface area contributed by atoms with E-state index < -0.39 is 0 Å². The van der Waals surface area contributed by atoms with E-state index in [0.29, 0.717) is 6.54 Å². The first-order chi connectivity index (χ1) is 10.1. The lowest BCUT2D eigenvalue weighted by atomic mass is 10.1. The normalized spacial score (nSPS) is 12.6. The summed E-state index contributed by atoms with van der Waals surface area (Å²) in [5.41, 5.74) is 2.03. The molecule has 0 aliphatic rings. The molecule has 1 unspecified atom stereocenters. The first-order valence-electron chi connectivity index (χ1n) is 7.57. The summed E-state index contributed by atoms with van der Waals surface area (Å²) in [5.74, 6) is 1.05. The van der Waals surface area contributed by atoms with Crippen LogP contribution in [0.2, 0.25) is 0 Å². The van der Waals surface area contributed by atoms with Crippen LogP contribution in [0, 0.1) is 6.92 Å². The highest BCUT2D eigenvalue weighted by molar-refractivity contribution is 5.83. The molecule has 1 atom stereocenters. The zero-order valence-electron chi connectivity index (χ0n) is 13.3. The molecule has 0 saturated carbocycles. The van der Waals surface area contributed by atoms with Crippen molar-refractivity contribution in [2.45, 2.75) is 40.3 Å². The first kappa shape index (κ1) is 15.6. The zero-order chi connectivity index (χ0) is 15.4. The Kier molecular flexibility index (Phi) is 5.02. The number of nitrogens with zero attached hydrogens (tertiary/aromatic N) is 1. The van der Waals surface area contributed by atoms with Crippen LogP contribution < -0.4 is 5.32 Å². The van der Waals surface area contributed by atoms with E-state index in [1.54, 1.807) is 0 Å². The number of likely N-dealkylation sites (N-methyl/N-ethyl adjacent to an activating group) is 1. The SMILES string of the molecule is CCN(CC)C(=O)C(C)NCc1c(C)oc2ccccc12. The summed E-state index contributed by atoms with van der Waals surface area (Å²) in [5, 5.41) is 4.43. The van der Waals surface area contributed by atoms with Crippen molar-refractivity contribution in [3.63, 3.8) is 0 Å². The van der Waals surface area contributed by atoms with E-state index >= 15 is 0 Å². The smallest absolute Gasteiger partial charge is 0.239 e. The van der Waals surface area contributed by atoms with Gasteiger partial charge in [0, 0.05) is 30.6 Å². The van der Waals surface area contributed by atoms with Gasteiger partial charge in [0.05, 0.1) is 6.04 Å². The summed E-state index contributed by atoms with van der Waals surface area (Å²) >= 11 is 0. The highest BCUT2D eigenvalue weighted by Gasteiger charge is 2.19. The van der Waals surface area contributed by atoms with Gasteiger partial charge in [0.1, 0.15) is 11.3 Å². The molecular weight excluding hydrogens is 264 g/mol. The number of amides is 1. The number of carbonyl (C=O) groups excluding carboxylic acids is 1. The molecule has 4 nitrogen and oxygen atoms in total. The fourth-order valence-electron chi connectivity index (χ4n) is 2.59. The molecule has 114 valence electrons.